The van der Waals surface area contributed by atoms with Gasteiger partial charge in [0.1, 0.15) is 0 Å². The third-order valence-corrected chi connectivity index (χ3v) is 4.62. The molecule has 4 aromatic rings. The molecule has 3 nitrogen and oxygen atoms in total. The van der Waals surface area contributed by atoms with Gasteiger partial charge < -0.3 is 5.32 Å². The second-order valence-corrected chi connectivity index (χ2v) is 6.29. The van der Waals surface area contributed by atoms with E-state index in [1.807, 2.05) is 72.2 Å². The molecule has 3 aromatic carbocycles. The summed E-state index contributed by atoms with van der Waals surface area (Å²) in [5, 5.41) is 2.92. The first kappa shape index (κ1) is 14.6. The molecule has 116 valence electrons. The number of hydrogen-bond acceptors (Lipinski definition) is 3. The van der Waals surface area contributed by atoms with Crippen LogP contribution in [0.5, 0.6) is 0 Å². The number of nitrogens with one attached hydrogen (secondary N) is 1. The first-order chi connectivity index (χ1) is 11.8. The van der Waals surface area contributed by atoms with Crippen molar-refractivity contribution in [3.8, 4) is 11.1 Å². The van der Waals surface area contributed by atoms with Gasteiger partial charge in [-0.25, -0.2) is 4.98 Å². The molecule has 0 fully saturated rings. The van der Waals surface area contributed by atoms with Crippen molar-refractivity contribution < 1.29 is 4.79 Å². The van der Waals surface area contributed by atoms with Crippen molar-refractivity contribution >= 4 is 33.1 Å². The van der Waals surface area contributed by atoms with Gasteiger partial charge in [-0.1, -0.05) is 42.5 Å². The SMILES string of the molecule is O=C(Nc1ccccc1)c1cccc(-c2cccc3scnc23)c1. The van der Waals surface area contributed by atoms with Crippen LogP contribution in [0.15, 0.2) is 78.3 Å². The average Bonchev–Trinajstić information content (AvgIpc) is 3.11. The highest BCUT2D eigenvalue weighted by Crippen LogP contribution is 2.30. The van der Waals surface area contributed by atoms with E-state index in [1.54, 1.807) is 11.3 Å². The number of hydrogen-bond donors (Lipinski definition) is 1. The molecule has 1 N–H and O–H groups in total. The minimum atomic E-state index is -0.117. The minimum Gasteiger partial charge on any atom is -0.322 e. The van der Waals surface area contributed by atoms with E-state index >= 15 is 0 Å². The maximum Gasteiger partial charge on any atom is 0.255 e. The number of para-hydroxylation sites is 2. The predicted octanol–water partition coefficient (Wildman–Crippen LogP) is 5.22. The lowest BCUT2D eigenvalue weighted by Crippen LogP contribution is -2.11. The molecule has 0 bridgehead atoms. The molecular weight excluding hydrogens is 316 g/mol. The Morgan fingerprint density at radius 1 is 0.917 bits per heavy atom. The zero-order valence-corrected chi connectivity index (χ0v) is 13.6. The molecule has 0 saturated heterocycles. The number of carbonyl (C=O) groups excluding carboxylic acids is 1. The number of carbonyl (C=O) groups is 1. The molecular formula is C20H14N2OS. The van der Waals surface area contributed by atoms with Crippen LogP contribution in [0.4, 0.5) is 5.69 Å². The molecule has 0 atom stereocenters. The van der Waals surface area contributed by atoms with Crippen LogP contribution in [0.1, 0.15) is 10.4 Å². The largest absolute Gasteiger partial charge is 0.322 e. The van der Waals surface area contributed by atoms with E-state index in [-0.39, 0.29) is 5.91 Å². The number of amides is 1. The van der Waals surface area contributed by atoms with Crippen molar-refractivity contribution in [1.82, 2.24) is 4.98 Å². The Morgan fingerprint density at radius 3 is 2.62 bits per heavy atom. The van der Waals surface area contributed by atoms with Crippen LogP contribution in [0, 0.1) is 0 Å². The molecule has 1 heterocycles. The maximum atomic E-state index is 12.5. The number of benzene rings is 3. The lowest BCUT2D eigenvalue weighted by molar-refractivity contribution is 0.102. The summed E-state index contributed by atoms with van der Waals surface area (Å²) in [5.74, 6) is -0.117. The van der Waals surface area contributed by atoms with Gasteiger partial charge in [-0.3, -0.25) is 4.79 Å². The molecule has 0 spiro atoms. The Morgan fingerprint density at radius 2 is 1.75 bits per heavy atom. The second-order valence-electron chi connectivity index (χ2n) is 5.41. The van der Waals surface area contributed by atoms with Crippen molar-refractivity contribution in [3.63, 3.8) is 0 Å². The summed E-state index contributed by atoms with van der Waals surface area (Å²) in [6, 6.07) is 23.2. The number of anilines is 1. The van der Waals surface area contributed by atoms with Gasteiger partial charge in [-0.05, 0) is 35.9 Å². The topological polar surface area (TPSA) is 42.0 Å². The van der Waals surface area contributed by atoms with Crippen LogP contribution in [0.25, 0.3) is 21.3 Å². The molecule has 4 rings (SSSR count). The lowest BCUT2D eigenvalue weighted by atomic mass is 10.0. The Bertz CT molecular complexity index is 1010. The summed E-state index contributed by atoms with van der Waals surface area (Å²) in [6.45, 7) is 0. The zero-order valence-electron chi connectivity index (χ0n) is 12.8. The highest BCUT2D eigenvalue weighted by Gasteiger charge is 2.10. The molecule has 4 heteroatoms. The molecule has 0 aliphatic heterocycles. The van der Waals surface area contributed by atoms with Crippen LogP contribution >= 0.6 is 11.3 Å². The van der Waals surface area contributed by atoms with Gasteiger partial charge in [0.15, 0.2) is 0 Å². The van der Waals surface area contributed by atoms with Gasteiger partial charge in [-0.2, -0.15) is 0 Å². The fourth-order valence-electron chi connectivity index (χ4n) is 2.67. The van der Waals surface area contributed by atoms with Crippen molar-refractivity contribution in [1.29, 1.82) is 0 Å². The number of rotatable bonds is 3. The van der Waals surface area contributed by atoms with E-state index in [2.05, 4.69) is 16.4 Å². The summed E-state index contributed by atoms with van der Waals surface area (Å²) >= 11 is 1.62. The van der Waals surface area contributed by atoms with Crippen LogP contribution < -0.4 is 5.32 Å². The number of aromatic nitrogens is 1. The summed E-state index contributed by atoms with van der Waals surface area (Å²) in [6.07, 6.45) is 0. The standard InChI is InChI=1S/C20H14N2OS/c23-20(22-16-8-2-1-3-9-16)15-7-4-6-14(12-15)17-10-5-11-18-19(17)21-13-24-18/h1-13H,(H,22,23). The minimum absolute atomic E-state index is 0.117. The Hall–Kier alpha value is -2.98. The Labute approximate surface area is 143 Å². The predicted molar refractivity (Wildman–Crippen MR) is 99.5 cm³/mol. The highest BCUT2D eigenvalue weighted by atomic mass is 32.1. The van der Waals surface area contributed by atoms with Crippen molar-refractivity contribution in [2.24, 2.45) is 0 Å². The average molecular weight is 330 g/mol. The van der Waals surface area contributed by atoms with E-state index in [4.69, 9.17) is 0 Å². The third kappa shape index (κ3) is 2.79. The number of fused-ring (bicyclic) bond motifs is 1. The maximum absolute atomic E-state index is 12.5. The molecule has 0 saturated carbocycles. The smallest absolute Gasteiger partial charge is 0.255 e. The molecule has 1 amide bonds. The molecule has 0 radical (unpaired) electrons. The second kappa shape index (κ2) is 6.26. The fourth-order valence-corrected chi connectivity index (χ4v) is 3.38. The lowest BCUT2D eigenvalue weighted by Gasteiger charge is -2.08. The van der Waals surface area contributed by atoms with Crippen LogP contribution in [-0.2, 0) is 0 Å². The summed E-state index contributed by atoms with van der Waals surface area (Å²) < 4.78 is 1.15. The third-order valence-electron chi connectivity index (χ3n) is 3.83. The normalized spacial score (nSPS) is 10.7. The molecule has 0 aliphatic carbocycles. The van der Waals surface area contributed by atoms with E-state index < -0.39 is 0 Å². The number of thiazole rings is 1. The van der Waals surface area contributed by atoms with Gasteiger partial charge in [0.05, 0.1) is 15.7 Å². The van der Waals surface area contributed by atoms with Gasteiger partial charge in [0.2, 0.25) is 0 Å². The highest BCUT2D eigenvalue weighted by molar-refractivity contribution is 7.16. The van der Waals surface area contributed by atoms with Crippen molar-refractivity contribution in [2.45, 2.75) is 0 Å². The van der Waals surface area contributed by atoms with Crippen molar-refractivity contribution in [2.75, 3.05) is 5.32 Å². The van der Waals surface area contributed by atoms with E-state index in [1.165, 1.54) is 0 Å². The van der Waals surface area contributed by atoms with Gasteiger partial charge >= 0.3 is 0 Å². The molecule has 0 aliphatic rings. The fraction of sp³-hybridized carbons (Fsp3) is 0. The quantitative estimate of drug-likeness (QED) is 0.560. The summed E-state index contributed by atoms with van der Waals surface area (Å²) in [7, 11) is 0. The van der Waals surface area contributed by atoms with Crippen LogP contribution in [0.2, 0.25) is 0 Å². The van der Waals surface area contributed by atoms with Crippen LogP contribution in [0.3, 0.4) is 0 Å². The van der Waals surface area contributed by atoms with Gasteiger partial charge in [-0.15, -0.1) is 11.3 Å². The summed E-state index contributed by atoms with van der Waals surface area (Å²) in [4.78, 5) is 16.9. The van der Waals surface area contributed by atoms with Gasteiger partial charge in [0, 0.05) is 16.8 Å². The molecule has 0 unspecified atom stereocenters. The first-order valence-electron chi connectivity index (χ1n) is 7.60. The molecule has 1 aromatic heterocycles. The number of nitrogens with zero attached hydrogens (tertiary/aromatic N) is 1. The zero-order chi connectivity index (χ0) is 16.4. The summed E-state index contributed by atoms with van der Waals surface area (Å²) in [5.41, 5.74) is 6.27. The Kier molecular flexibility index (Phi) is 3.81. The first-order valence-corrected chi connectivity index (χ1v) is 8.48. The van der Waals surface area contributed by atoms with Gasteiger partial charge in [0.25, 0.3) is 5.91 Å². The van der Waals surface area contributed by atoms with Crippen LogP contribution in [-0.4, -0.2) is 10.9 Å². The van der Waals surface area contributed by atoms with E-state index in [0.29, 0.717) is 5.56 Å². The monoisotopic (exact) mass is 330 g/mol. The van der Waals surface area contributed by atoms with E-state index in [9.17, 15) is 4.79 Å². The van der Waals surface area contributed by atoms with Crippen molar-refractivity contribution in [3.05, 3.63) is 83.9 Å². The molecule has 24 heavy (non-hydrogen) atoms. The Balaban J connectivity index is 1.69. The van der Waals surface area contributed by atoms with E-state index in [0.717, 1.165) is 27.0 Å².